The minimum absolute atomic E-state index is 0. The van der Waals surface area contributed by atoms with Crippen LogP contribution < -0.4 is 16.4 Å². The molecule has 0 saturated heterocycles. The number of thiophene rings is 1. The van der Waals surface area contributed by atoms with Gasteiger partial charge in [0.15, 0.2) is 0 Å². The summed E-state index contributed by atoms with van der Waals surface area (Å²) < 4.78 is 0. The second-order valence-corrected chi connectivity index (χ2v) is 6.95. The Hall–Kier alpha value is -1.89. The van der Waals surface area contributed by atoms with Crippen molar-refractivity contribution in [2.45, 2.75) is 38.8 Å². The fourth-order valence-corrected chi connectivity index (χ4v) is 3.17. The van der Waals surface area contributed by atoms with Crippen molar-refractivity contribution in [3.8, 4) is 0 Å². The number of hydrogen-bond acceptors (Lipinski definition) is 4. The van der Waals surface area contributed by atoms with Crippen LogP contribution in [0.15, 0.2) is 41.8 Å². The molecule has 0 unspecified atom stereocenters. The molecule has 2 amide bonds. The lowest BCUT2D eigenvalue weighted by Crippen LogP contribution is -2.52. The van der Waals surface area contributed by atoms with Gasteiger partial charge in [-0.15, -0.1) is 23.7 Å². The van der Waals surface area contributed by atoms with E-state index in [0.29, 0.717) is 23.5 Å². The minimum Gasteiger partial charge on any atom is -0.347 e. The van der Waals surface area contributed by atoms with Gasteiger partial charge in [0.1, 0.15) is 0 Å². The molecule has 0 spiro atoms. The average molecular weight is 396 g/mol. The van der Waals surface area contributed by atoms with Crippen molar-refractivity contribution in [1.29, 1.82) is 0 Å². The number of nitrogens with two attached hydrogens (primary N) is 1. The zero-order chi connectivity index (χ0) is 18.3. The summed E-state index contributed by atoms with van der Waals surface area (Å²) in [6.45, 7) is 4.89. The predicted molar refractivity (Wildman–Crippen MR) is 109 cm³/mol. The normalized spacial score (nSPS) is 10.7. The maximum absolute atomic E-state index is 12.4. The molecule has 0 saturated carbocycles. The highest BCUT2D eigenvalue weighted by atomic mass is 35.5. The molecule has 2 rings (SSSR count). The van der Waals surface area contributed by atoms with Gasteiger partial charge in [-0.1, -0.05) is 32.0 Å². The van der Waals surface area contributed by atoms with Gasteiger partial charge < -0.3 is 16.4 Å². The van der Waals surface area contributed by atoms with Crippen LogP contribution >= 0.6 is 23.7 Å². The van der Waals surface area contributed by atoms with Gasteiger partial charge in [0.2, 0.25) is 0 Å². The maximum atomic E-state index is 12.4. The molecule has 142 valence electrons. The Morgan fingerprint density at radius 3 is 2.23 bits per heavy atom. The lowest BCUT2D eigenvalue weighted by atomic mass is 9.92. The van der Waals surface area contributed by atoms with Gasteiger partial charge in [0.25, 0.3) is 11.8 Å². The lowest BCUT2D eigenvalue weighted by Gasteiger charge is -2.31. The first kappa shape index (κ1) is 22.2. The predicted octanol–water partition coefficient (Wildman–Crippen LogP) is 3.35. The molecule has 0 aliphatic heterocycles. The molecule has 1 aromatic carbocycles. The van der Waals surface area contributed by atoms with Crippen molar-refractivity contribution in [2.24, 2.45) is 5.73 Å². The largest absolute Gasteiger partial charge is 0.347 e. The van der Waals surface area contributed by atoms with Gasteiger partial charge in [-0.05, 0) is 42.0 Å². The topological polar surface area (TPSA) is 84.2 Å². The molecule has 2 aromatic rings. The SMILES string of the molecule is CCC(CC)(CN)NC(=O)c1ccc(CNC(=O)c2cccs2)cc1.Cl. The highest BCUT2D eigenvalue weighted by Crippen LogP contribution is 2.15. The molecule has 7 heteroatoms. The number of rotatable bonds is 8. The number of benzene rings is 1. The Kier molecular flexibility index (Phi) is 8.78. The van der Waals surface area contributed by atoms with Crippen molar-refractivity contribution >= 4 is 35.6 Å². The van der Waals surface area contributed by atoms with E-state index >= 15 is 0 Å². The molecule has 0 bridgehead atoms. The van der Waals surface area contributed by atoms with E-state index in [2.05, 4.69) is 10.6 Å². The first-order valence-corrected chi connectivity index (χ1v) is 9.34. The van der Waals surface area contributed by atoms with Gasteiger partial charge >= 0.3 is 0 Å². The van der Waals surface area contributed by atoms with Crippen LogP contribution in [-0.2, 0) is 6.54 Å². The van der Waals surface area contributed by atoms with Crippen LogP contribution in [0.3, 0.4) is 0 Å². The van der Waals surface area contributed by atoms with Crippen LogP contribution in [0.25, 0.3) is 0 Å². The second kappa shape index (κ2) is 10.3. The Labute approximate surface area is 164 Å². The maximum Gasteiger partial charge on any atom is 0.261 e. The molecule has 4 N–H and O–H groups in total. The zero-order valence-electron chi connectivity index (χ0n) is 15.1. The number of amides is 2. The Morgan fingerprint density at radius 2 is 1.73 bits per heavy atom. The standard InChI is InChI=1S/C19H25N3O2S.ClH/c1-3-19(4-2,13-20)22-17(23)15-9-7-14(8-10-15)12-21-18(24)16-6-5-11-25-16;/h5-11H,3-4,12-13,20H2,1-2H3,(H,21,24)(H,22,23);1H. The summed E-state index contributed by atoms with van der Waals surface area (Å²) in [4.78, 5) is 25.1. The van der Waals surface area contributed by atoms with Crippen LogP contribution in [0.5, 0.6) is 0 Å². The second-order valence-electron chi connectivity index (χ2n) is 6.00. The van der Waals surface area contributed by atoms with Crippen molar-refractivity contribution in [2.75, 3.05) is 6.54 Å². The van der Waals surface area contributed by atoms with Gasteiger partial charge in [-0.2, -0.15) is 0 Å². The lowest BCUT2D eigenvalue weighted by molar-refractivity contribution is 0.0894. The highest BCUT2D eigenvalue weighted by Gasteiger charge is 2.26. The fraction of sp³-hybridized carbons (Fsp3) is 0.368. The van der Waals surface area contributed by atoms with E-state index in [1.54, 1.807) is 18.2 Å². The number of halogens is 1. The Bertz CT molecular complexity index is 690. The van der Waals surface area contributed by atoms with Crippen LogP contribution in [0.1, 0.15) is 52.3 Å². The number of nitrogens with one attached hydrogen (secondary N) is 2. The van der Waals surface area contributed by atoms with Crippen LogP contribution in [0.2, 0.25) is 0 Å². The molecule has 0 radical (unpaired) electrons. The molecule has 1 heterocycles. The summed E-state index contributed by atoms with van der Waals surface area (Å²) in [5.41, 5.74) is 7.01. The fourth-order valence-electron chi connectivity index (χ4n) is 2.53. The zero-order valence-corrected chi connectivity index (χ0v) is 16.7. The minimum atomic E-state index is -0.357. The van der Waals surface area contributed by atoms with Crippen molar-refractivity contribution in [1.82, 2.24) is 10.6 Å². The molecule has 0 fully saturated rings. The summed E-state index contributed by atoms with van der Waals surface area (Å²) in [5.74, 6) is -0.209. The molecule has 0 atom stereocenters. The molecule has 0 aliphatic rings. The van der Waals surface area contributed by atoms with Gasteiger partial charge in [-0.25, -0.2) is 0 Å². The van der Waals surface area contributed by atoms with E-state index in [4.69, 9.17) is 5.73 Å². The third-order valence-corrected chi connectivity index (χ3v) is 5.41. The van der Waals surface area contributed by atoms with Crippen LogP contribution in [-0.4, -0.2) is 23.9 Å². The monoisotopic (exact) mass is 395 g/mol. The molecule has 5 nitrogen and oxygen atoms in total. The first-order valence-electron chi connectivity index (χ1n) is 8.47. The summed E-state index contributed by atoms with van der Waals surface area (Å²) in [7, 11) is 0. The third-order valence-electron chi connectivity index (χ3n) is 4.54. The van der Waals surface area contributed by atoms with Crippen molar-refractivity contribution in [3.05, 3.63) is 57.8 Å². The van der Waals surface area contributed by atoms with E-state index in [-0.39, 0.29) is 29.8 Å². The van der Waals surface area contributed by atoms with E-state index in [1.165, 1.54) is 11.3 Å². The Morgan fingerprint density at radius 1 is 1.08 bits per heavy atom. The summed E-state index contributed by atoms with van der Waals surface area (Å²) in [5, 5.41) is 7.79. The molecular formula is C19H26ClN3O2S. The summed E-state index contributed by atoms with van der Waals surface area (Å²) in [6, 6.07) is 10.9. The summed E-state index contributed by atoms with van der Waals surface area (Å²) >= 11 is 1.41. The van der Waals surface area contributed by atoms with E-state index in [9.17, 15) is 9.59 Å². The van der Waals surface area contributed by atoms with Crippen LogP contribution in [0.4, 0.5) is 0 Å². The van der Waals surface area contributed by atoms with Crippen molar-refractivity contribution < 1.29 is 9.59 Å². The Balaban J connectivity index is 0.00000338. The molecule has 26 heavy (non-hydrogen) atoms. The van der Waals surface area contributed by atoms with E-state index in [1.807, 2.05) is 37.4 Å². The highest BCUT2D eigenvalue weighted by molar-refractivity contribution is 7.12. The molecule has 1 aromatic heterocycles. The van der Waals surface area contributed by atoms with E-state index in [0.717, 1.165) is 18.4 Å². The average Bonchev–Trinajstić information content (AvgIpc) is 3.19. The number of hydrogen-bond donors (Lipinski definition) is 3. The van der Waals surface area contributed by atoms with Crippen LogP contribution in [0, 0.1) is 0 Å². The van der Waals surface area contributed by atoms with Gasteiger partial charge in [0.05, 0.1) is 10.4 Å². The smallest absolute Gasteiger partial charge is 0.261 e. The van der Waals surface area contributed by atoms with Gasteiger partial charge in [0, 0.05) is 18.7 Å². The van der Waals surface area contributed by atoms with E-state index < -0.39 is 0 Å². The molecular weight excluding hydrogens is 370 g/mol. The first-order chi connectivity index (χ1) is 12.0. The number of carbonyl (C=O) groups is 2. The van der Waals surface area contributed by atoms with Crippen molar-refractivity contribution in [3.63, 3.8) is 0 Å². The summed E-state index contributed by atoms with van der Waals surface area (Å²) in [6.07, 6.45) is 1.58. The quantitative estimate of drug-likeness (QED) is 0.640. The third kappa shape index (κ3) is 5.56. The number of carbonyl (C=O) groups excluding carboxylic acids is 2. The van der Waals surface area contributed by atoms with Gasteiger partial charge in [-0.3, -0.25) is 9.59 Å². The molecule has 0 aliphatic carbocycles.